The molecule has 120 valence electrons. The summed E-state index contributed by atoms with van der Waals surface area (Å²) in [5, 5.41) is 1.12. The van der Waals surface area contributed by atoms with Crippen molar-refractivity contribution in [2.45, 2.75) is 38.9 Å². The summed E-state index contributed by atoms with van der Waals surface area (Å²) in [4.78, 5) is 4.29. The van der Waals surface area contributed by atoms with Gasteiger partial charge in [-0.15, -0.1) is 0 Å². The van der Waals surface area contributed by atoms with Crippen LogP contribution in [-0.4, -0.2) is 23.3 Å². The topological polar surface area (TPSA) is 31.4 Å². The Kier molecular flexibility index (Phi) is 4.22. The van der Waals surface area contributed by atoms with Gasteiger partial charge in [-0.25, -0.2) is 4.98 Å². The van der Waals surface area contributed by atoms with Gasteiger partial charge in [0, 0.05) is 22.2 Å². The monoisotopic (exact) mass is 349 g/mol. The molecule has 1 aromatic carbocycles. The van der Waals surface area contributed by atoms with Crippen LogP contribution in [0.3, 0.4) is 0 Å². The molecule has 3 nitrogen and oxygen atoms in total. The summed E-state index contributed by atoms with van der Waals surface area (Å²) in [6, 6.07) is 9.45. The lowest BCUT2D eigenvalue weighted by Gasteiger charge is -2.32. The average molecular weight is 350 g/mol. The Balaban J connectivity index is 1.97. The standard InChI is InChI=1S/C17H18BCl2NO2/c1-16(2)17(3,4)23-18(22-16)12-9-14(15(20)21-10-12)11-5-7-13(19)8-6-11/h5-10H,1-4H3. The minimum absolute atomic E-state index is 0.391. The van der Waals surface area contributed by atoms with E-state index in [9.17, 15) is 0 Å². The van der Waals surface area contributed by atoms with Crippen molar-refractivity contribution in [1.29, 1.82) is 0 Å². The van der Waals surface area contributed by atoms with Crippen LogP contribution in [0.25, 0.3) is 11.1 Å². The second-order valence-corrected chi connectivity index (χ2v) is 7.50. The molecule has 23 heavy (non-hydrogen) atoms. The van der Waals surface area contributed by atoms with Crippen LogP contribution in [0.4, 0.5) is 0 Å². The van der Waals surface area contributed by atoms with Gasteiger partial charge in [0.15, 0.2) is 0 Å². The summed E-state index contributed by atoms with van der Waals surface area (Å²) < 4.78 is 12.1. The van der Waals surface area contributed by atoms with Gasteiger partial charge in [0.05, 0.1) is 11.2 Å². The Morgan fingerprint density at radius 3 is 2.09 bits per heavy atom. The van der Waals surface area contributed by atoms with Gasteiger partial charge in [-0.1, -0.05) is 35.3 Å². The van der Waals surface area contributed by atoms with Crippen molar-refractivity contribution in [3.63, 3.8) is 0 Å². The van der Waals surface area contributed by atoms with E-state index in [-0.39, 0.29) is 0 Å². The first-order valence-electron chi connectivity index (χ1n) is 7.47. The third-order valence-corrected chi connectivity index (χ3v) is 5.09. The van der Waals surface area contributed by atoms with Gasteiger partial charge in [0.25, 0.3) is 0 Å². The molecule has 0 N–H and O–H groups in total. The van der Waals surface area contributed by atoms with E-state index < -0.39 is 18.3 Å². The molecule has 1 aliphatic rings. The highest BCUT2D eigenvalue weighted by atomic mass is 35.5. The smallest absolute Gasteiger partial charge is 0.399 e. The van der Waals surface area contributed by atoms with Gasteiger partial charge in [-0.3, -0.25) is 0 Å². The molecule has 0 radical (unpaired) electrons. The molecule has 1 fully saturated rings. The van der Waals surface area contributed by atoms with Crippen molar-refractivity contribution in [1.82, 2.24) is 4.98 Å². The zero-order valence-electron chi connectivity index (χ0n) is 13.6. The lowest BCUT2D eigenvalue weighted by atomic mass is 9.79. The summed E-state index contributed by atoms with van der Waals surface area (Å²) in [5.41, 5.74) is 1.84. The quantitative estimate of drug-likeness (QED) is 0.596. The molecule has 3 rings (SSSR count). The zero-order chi connectivity index (χ0) is 16.8. The van der Waals surface area contributed by atoms with E-state index >= 15 is 0 Å². The number of aromatic nitrogens is 1. The van der Waals surface area contributed by atoms with Crippen LogP contribution in [0, 0.1) is 0 Å². The van der Waals surface area contributed by atoms with Crippen LogP contribution in [0.15, 0.2) is 36.5 Å². The highest BCUT2D eigenvalue weighted by Crippen LogP contribution is 2.37. The maximum Gasteiger partial charge on any atom is 0.496 e. The first kappa shape index (κ1) is 16.8. The van der Waals surface area contributed by atoms with Crippen molar-refractivity contribution < 1.29 is 9.31 Å². The first-order chi connectivity index (χ1) is 10.7. The molecule has 0 amide bonds. The zero-order valence-corrected chi connectivity index (χ0v) is 15.1. The third kappa shape index (κ3) is 3.13. The summed E-state index contributed by atoms with van der Waals surface area (Å²) in [7, 11) is -0.462. The summed E-state index contributed by atoms with van der Waals surface area (Å²) in [5.74, 6) is 0. The Morgan fingerprint density at radius 2 is 1.52 bits per heavy atom. The molecule has 2 aromatic rings. The lowest BCUT2D eigenvalue weighted by molar-refractivity contribution is 0.00578. The third-order valence-electron chi connectivity index (χ3n) is 4.54. The Morgan fingerprint density at radius 1 is 0.957 bits per heavy atom. The molecule has 0 saturated carbocycles. The summed E-state index contributed by atoms with van der Waals surface area (Å²) in [6.45, 7) is 8.10. The fraction of sp³-hybridized carbons (Fsp3) is 0.353. The number of nitrogens with zero attached hydrogens (tertiary/aromatic N) is 1. The highest BCUT2D eigenvalue weighted by Gasteiger charge is 2.51. The molecule has 2 heterocycles. The number of pyridine rings is 1. The SMILES string of the molecule is CC1(C)OB(c2cnc(Cl)c(-c3ccc(Cl)cc3)c2)OC1(C)C. The maximum atomic E-state index is 6.26. The molecule has 1 saturated heterocycles. The average Bonchev–Trinajstić information content (AvgIpc) is 2.69. The van der Waals surface area contributed by atoms with Gasteiger partial charge in [-0.05, 0) is 51.5 Å². The van der Waals surface area contributed by atoms with Crippen molar-refractivity contribution in [3.8, 4) is 11.1 Å². The molecule has 0 aliphatic carbocycles. The maximum absolute atomic E-state index is 6.26. The van der Waals surface area contributed by atoms with Gasteiger partial charge < -0.3 is 9.31 Å². The van der Waals surface area contributed by atoms with Crippen molar-refractivity contribution in [3.05, 3.63) is 46.7 Å². The largest absolute Gasteiger partial charge is 0.496 e. The van der Waals surface area contributed by atoms with E-state index in [0.29, 0.717) is 10.2 Å². The Hall–Kier alpha value is -1.07. The fourth-order valence-electron chi connectivity index (χ4n) is 2.40. The van der Waals surface area contributed by atoms with Crippen LogP contribution in [0.2, 0.25) is 10.2 Å². The van der Waals surface area contributed by atoms with E-state index in [2.05, 4.69) is 4.98 Å². The minimum atomic E-state index is -0.462. The van der Waals surface area contributed by atoms with Crippen molar-refractivity contribution >= 4 is 35.8 Å². The molecular formula is C17H18BCl2NO2. The minimum Gasteiger partial charge on any atom is -0.399 e. The van der Waals surface area contributed by atoms with Crippen molar-refractivity contribution in [2.24, 2.45) is 0 Å². The molecule has 0 unspecified atom stereocenters. The number of hydrogen-bond donors (Lipinski definition) is 0. The van der Waals surface area contributed by atoms with Crippen LogP contribution >= 0.6 is 23.2 Å². The Bertz CT molecular complexity index is 716. The summed E-state index contributed by atoms with van der Waals surface area (Å²) in [6.07, 6.45) is 1.70. The lowest BCUT2D eigenvalue weighted by Crippen LogP contribution is -2.41. The molecule has 6 heteroatoms. The number of benzene rings is 1. The van der Waals surface area contributed by atoms with Gasteiger partial charge >= 0.3 is 7.12 Å². The summed E-state index contributed by atoms with van der Waals surface area (Å²) >= 11 is 12.2. The van der Waals surface area contributed by atoms with E-state index in [1.54, 1.807) is 6.20 Å². The van der Waals surface area contributed by atoms with E-state index in [1.165, 1.54) is 0 Å². The first-order valence-corrected chi connectivity index (χ1v) is 8.22. The van der Waals surface area contributed by atoms with E-state index in [4.69, 9.17) is 32.5 Å². The van der Waals surface area contributed by atoms with Crippen LogP contribution in [-0.2, 0) is 9.31 Å². The van der Waals surface area contributed by atoms with Crippen LogP contribution < -0.4 is 5.46 Å². The van der Waals surface area contributed by atoms with Crippen LogP contribution in [0.5, 0.6) is 0 Å². The Labute approximate surface area is 147 Å². The predicted molar refractivity (Wildman–Crippen MR) is 95.4 cm³/mol. The van der Waals surface area contributed by atoms with Gasteiger partial charge in [-0.2, -0.15) is 0 Å². The molecular weight excluding hydrogens is 332 g/mol. The molecule has 1 aliphatic heterocycles. The highest BCUT2D eigenvalue weighted by molar-refractivity contribution is 6.62. The molecule has 1 aromatic heterocycles. The normalized spacial score (nSPS) is 19.1. The fourth-order valence-corrected chi connectivity index (χ4v) is 2.74. The van der Waals surface area contributed by atoms with Gasteiger partial charge in [0.2, 0.25) is 0 Å². The number of rotatable bonds is 2. The van der Waals surface area contributed by atoms with E-state index in [0.717, 1.165) is 16.6 Å². The van der Waals surface area contributed by atoms with Crippen LogP contribution in [0.1, 0.15) is 27.7 Å². The second kappa shape index (κ2) is 5.78. The number of halogens is 2. The van der Waals surface area contributed by atoms with E-state index in [1.807, 2.05) is 58.0 Å². The molecule has 0 bridgehead atoms. The number of hydrogen-bond acceptors (Lipinski definition) is 3. The van der Waals surface area contributed by atoms with Gasteiger partial charge in [0.1, 0.15) is 5.15 Å². The predicted octanol–water partition coefficient (Wildman–Crippen LogP) is 4.35. The van der Waals surface area contributed by atoms with Crippen molar-refractivity contribution in [2.75, 3.05) is 0 Å². The molecule has 0 atom stereocenters. The second-order valence-electron chi connectivity index (χ2n) is 6.70. The molecule has 0 spiro atoms.